The number of benzene rings is 2. The predicted molar refractivity (Wildman–Crippen MR) is 111 cm³/mol. The van der Waals surface area contributed by atoms with Crippen molar-refractivity contribution >= 4 is 50.6 Å². The molecule has 7 nitrogen and oxygen atoms in total. The van der Waals surface area contributed by atoms with E-state index in [9.17, 15) is 9.90 Å². The number of fused-ring (bicyclic) bond motifs is 1. The number of anilines is 1. The average molecular weight is 428 g/mol. The molecule has 4 rings (SSSR count). The standard InChI is InChI=1S/C20H14ClN3O4S/c1-27-16-5-3-12(9-15(16)21)23-19-14(18(26)24-20-22-6-7-29-20)8-11-2-4-13(25)10-17(11)28-19/h2-10,25H,1H3,(H,22,24,26). The Kier molecular flexibility index (Phi) is 5.20. The van der Waals surface area contributed by atoms with E-state index >= 15 is 0 Å². The van der Waals surface area contributed by atoms with Crippen LogP contribution in [0.25, 0.3) is 11.0 Å². The molecule has 1 amide bonds. The second-order valence-electron chi connectivity index (χ2n) is 5.91. The Bertz CT molecular complexity index is 1270. The second-order valence-corrected chi connectivity index (χ2v) is 7.21. The molecule has 0 aliphatic heterocycles. The number of amides is 1. The number of aromatic hydroxyl groups is 1. The van der Waals surface area contributed by atoms with Crippen LogP contribution in [-0.2, 0) is 0 Å². The first-order chi connectivity index (χ1) is 14.0. The van der Waals surface area contributed by atoms with Gasteiger partial charge >= 0.3 is 0 Å². The van der Waals surface area contributed by atoms with E-state index in [2.05, 4.69) is 15.3 Å². The van der Waals surface area contributed by atoms with Gasteiger partial charge in [0.05, 0.1) is 17.8 Å². The molecule has 0 atom stereocenters. The number of hydrogen-bond acceptors (Lipinski definition) is 7. The van der Waals surface area contributed by atoms with Gasteiger partial charge in [0, 0.05) is 23.0 Å². The van der Waals surface area contributed by atoms with E-state index in [1.807, 2.05) is 0 Å². The summed E-state index contributed by atoms with van der Waals surface area (Å²) in [6, 6.07) is 11.2. The molecule has 4 aromatic rings. The van der Waals surface area contributed by atoms with Gasteiger partial charge in [-0.1, -0.05) is 11.6 Å². The minimum Gasteiger partial charge on any atom is -0.508 e. The molecule has 0 saturated heterocycles. The van der Waals surface area contributed by atoms with E-state index in [1.165, 1.54) is 30.6 Å². The Hall–Kier alpha value is -3.36. The van der Waals surface area contributed by atoms with Gasteiger partial charge in [0.2, 0.25) is 5.55 Å². The smallest absolute Gasteiger partial charge is 0.262 e. The minimum absolute atomic E-state index is 0.0414. The lowest BCUT2D eigenvalue weighted by Gasteiger charge is -2.06. The number of phenolic OH excluding ortho intramolecular Hbond substituents is 1. The largest absolute Gasteiger partial charge is 0.508 e. The van der Waals surface area contributed by atoms with Gasteiger partial charge in [-0.2, -0.15) is 0 Å². The van der Waals surface area contributed by atoms with E-state index in [0.717, 1.165) is 0 Å². The molecule has 2 aromatic carbocycles. The molecule has 0 fully saturated rings. The highest BCUT2D eigenvalue weighted by atomic mass is 35.5. The highest BCUT2D eigenvalue weighted by Crippen LogP contribution is 2.28. The fourth-order valence-corrected chi connectivity index (χ4v) is 3.42. The van der Waals surface area contributed by atoms with Crippen molar-refractivity contribution in [2.24, 2.45) is 4.99 Å². The summed E-state index contributed by atoms with van der Waals surface area (Å²) in [5, 5.41) is 15.7. The summed E-state index contributed by atoms with van der Waals surface area (Å²) in [5.41, 5.74) is 1.14. The van der Waals surface area contributed by atoms with Crippen molar-refractivity contribution in [1.29, 1.82) is 0 Å². The maximum Gasteiger partial charge on any atom is 0.262 e. The quantitative estimate of drug-likeness (QED) is 0.490. The van der Waals surface area contributed by atoms with Crippen molar-refractivity contribution in [1.82, 2.24) is 4.98 Å². The monoisotopic (exact) mass is 427 g/mol. The number of thiazole rings is 1. The molecule has 146 valence electrons. The highest BCUT2D eigenvalue weighted by Gasteiger charge is 2.15. The lowest BCUT2D eigenvalue weighted by molar-refractivity contribution is 0.102. The Morgan fingerprint density at radius 2 is 2.14 bits per heavy atom. The average Bonchev–Trinajstić information content (AvgIpc) is 3.20. The van der Waals surface area contributed by atoms with Crippen molar-refractivity contribution in [3.05, 3.63) is 70.2 Å². The van der Waals surface area contributed by atoms with Crippen LogP contribution < -0.4 is 15.6 Å². The van der Waals surface area contributed by atoms with Gasteiger partial charge in [-0.15, -0.1) is 11.3 Å². The molecule has 2 N–H and O–H groups in total. The van der Waals surface area contributed by atoms with Gasteiger partial charge in [-0.25, -0.2) is 9.98 Å². The van der Waals surface area contributed by atoms with Crippen LogP contribution >= 0.6 is 22.9 Å². The maximum atomic E-state index is 12.8. The molecule has 0 bridgehead atoms. The molecular weight excluding hydrogens is 414 g/mol. The van der Waals surface area contributed by atoms with E-state index in [0.29, 0.717) is 32.6 Å². The van der Waals surface area contributed by atoms with Crippen molar-refractivity contribution in [3.8, 4) is 11.5 Å². The van der Waals surface area contributed by atoms with Crippen molar-refractivity contribution < 1.29 is 19.1 Å². The zero-order chi connectivity index (χ0) is 20.4. The molecular formula is C20H14ClN3O4S. The number of methoxy groups -OCH3 is 1. The topological polar surface area (TPSA) is 97.0 Å². The van der Waals surface area contributed by atoms with Gasteiger partial charge in [-0.3, -0.25) is 10.1 Å². The van der Waals surface area contributed by atoms with Gasteiger partial charge in [0.25, 0.3) is 5.91 Å². The Balaban J connectivity index is 1.87. The number of halogens is 1. The molecule has 9 heteroatoms. The maximum absolute atomic E-state index is 12.8. The molecule has 0 radical (unpaired) electrons. The van der Waals surface area contributed by atoms with Crippen LogP contribution in [0.5, 0.6) is 11.5 Å². The summed E-state index contributed by atoms with van der Waals surface area (Å²) >= 11 is 7.47. The number of ether oxygens (including phenoxy) is 1. The fraction of sp³-hybridized carbons (Fsp3) is 0.0500. The summed E-state index contributed by atoms with van der Waals surface area (Å²) in [6.07, 6.45) is 1.60. The molecule has 0 spiro atoms. The van der Waals surface area contributed by atoms with Crippen LogP contribution in [0.4, 0.5) is 10.8 Å². The van der Waals surface area contributed by atoms with E-state index in [1.54, 1.807) is 41.9 Å². The normalized spacial score (nSPS) is 11.6. The van der Waals surface area contributed by atoms with Crippen LogP contribution in [0.15, 0.2) is 63.5 Å². The van der Waals surface area contributed by atoms with Crippen LogP contribution in [0, 0.1) is 0 Å². The predicted octanol–water partition coefficient (Wildman–Crippen LogP) is 4.74. The summed E-state index contributed by atoms with van der Waals surface area (Å²) in [5.74, 6) is 0.129. The number of nitrogens with one attached hydrogen (secondary N) is 1. The number of hydrogen-bond donors (Lipinski definition) is 2. The first kappa shape index (κ1) is 19.0. The zero-order valence-electron chi connectivity index (χ0n) is 15.0. The molecule has 0 aliphatic rings. The molecule has 2 heterocycles. The highest BCUT2D eigenvalue weighted by molar-refractivity contribution is 7.13. The second kappa shape index (κ2) is 7.94. The van der Waals surface area contributed by atoms with Gasteiger partial charge in [0.1, 0.15) is 22.6 Å². The number of rotatable bonds is 4. The lowest BCUT2D eigenvalue weighted by atomic mass is 10.1. The number of carbonyl (C=O) groups is 1. The van der Waals surface area contributed by atoms with Crippen LogP contribution in [0.3, 0.4) is 0 Å². The SMILES string of the molecule is COc1ccc(N=c2oc3cc(O)ccc3cc2C(=O)Nc2nccs2)cc1Cl. The van der Waals surface area contributed by atoms with Crippen molar-refractivity contribution in [2.45, 2.75) is 0 Å². The van der Waals surface area contributed by atoms with Gasteiger partial charge < -0.3 is 14.3 Å². The first-order valence-electron chi connectivity index (χ1n) is 8.39. The molecule has 0 unspecified atom stereocenters. The van der Waals surface area contributed by atoms with Crippen LogP contribution in [-0.4, -0.2) is 23.1 Å². The summed E-state index contributed by atoms with van der Waals surface area (Å²) in [4.78, 5) is 21.3. The number of aromatic nitrogens is 1. The third kappa shape index (κ3) is 4.08. The van der Waals surface area contributed by atoms with Gasteiger partial charge in [0.15, 0.2) is 5.13 Å². The minimum atomic E-state index is -0.419. The number of carbonyl (C=O) groups excluding carboxylic acids is 1. The number of phenols is 1. The van der Waals surface area contributed by atoms with E-state index in [-0.39, 0.29) is 16.9 Å². The number of nitrogens with zero attached hydrogens (tertiary/aromatic N) is 2. The fourth-order valence-electron chi connectivity index (χ4n) is 2.64. The first-order valence-corrected chi connectivity index (χ1v) is 9.65. The molecule has 29 heavy (non-hydrogen) atoms. The van der Waals surface area contributed by atoms with E-state index in [4.69, 9.17) is 20.8 Å². The zero-order valence-corrected chi connectivity index (χ0v) is 16.6. The third-order valence-electron chi connectivity index (χ3n) is 4.00. The summed E-state index contributed by atoms with van der Waals surface area (Å²) < 4.78 is 11.0. The summed E-state index contributed by atoms with van der Waals surface area (Å²) in [6.45, 7) is 0. The lowest BCUT2D eigenvalue weighted by Crippen LogP contribution is -2.21. The summed E-state index contributed by atoms with van der Waals surface area (Å²) in [7, 11) is 1.52. The Labute approximate surface area is 173 Å². The molecule has 2 aromatic heterocycles. The Morgan fingerprint density at radius 3 is 2.86 bits per heavy atom. The molecule has 0 aliphatic carbocycles. The van der Waals surface area contributed by atoms with Crippen molar-refractivity contribution in [2.75, 3.05) is 12.4 Å². The van der Waals surface area contributed by atoms with Crippen LogP contribution in [0.1, 0.15) is 10.4 Å². The molecule has 0 saturated carbocycles. The van der Waals surface area contributed by atoms with E-state index < -0.39 is 5.91 Å². The van der Waals surface area contributed by atoms with Crippen molar-refractivity contribution in [3.63, 3.8) is 0 Å². The Morgan fingerprint density at radius 1 is 1.28 bits per heavy atom. The van der Waals surface area contributed by atoms with Gasteiger partial charge in [-0.05, 0) is 36.4 Å². The van der Waals surface area contributed by atoms with Crippen LogP contribution in [0.2, 0.25) is 5.02 Å². The third-order valence-corrected chi connectivity index (χ3v) is 4.98.